The summed E-state index contributed by atoms with van der Waals surface area (Å²) in [5.41, 5.74) is 11.1. The summed E-state index contributed by atoms with van der Waals surface area (Å²) in [5, 5.41) is 3.11. The van der Waals surface area contributed by atoms with E-state index < -0.39 is 0 Å². The topological polar surface area (TPSA) is 53.6 Å². The van der Waals surface area contributed by atoms with Gasteiger partial charge in [0.15, 0.2) is 5.96 Å². The van der Waals surface area contributed by atoms with E-state index in [0.717, 1.165) is 24.1 Å². The first kappa shape index (κ1) is 16.3. The smallest absolute Gasteiger partial charge is 0.193 e. The summed E-state index contributed by atoms with van der Waals surface area (Å²) in [4.78, 5) is 6.04. The zero-order valence-corrected chi connectivity index (χ0v) is 14.1. The molecule has 0 unspecified atom stereocenters. The second-order valence-corrected chi connectivity index (χ2v) is 6.34. The summed E-state index contributed by atoms with van der Waals surface area (Å²) in [6.07, 6.45) is 3.50. The number of nitrogens with two attached hydrogens (primary N) is 1. The van der Waals surface area contributed by atoms with Crippen LogP contribution in [0.2, 0.25) is 0 Å². The van der Waals surface area contributed by atoms with E-state index in [9.17, 15) is 4.39 Å². The van der Waals surface area contributed by atoms with E-state index in [4.69, 9.17) is 5.73 Å². The Kier molecular flexibility index (Phi) is 4.69. The van der Waals surface area contributed by atoms with Gasteiger partial charge in [-0.2, -0.15) is 0 Å². The molecule has 0 aromatic heterocycles. The van der Waals surface area contributed by atoms with Crippen molar-refractivity contribution in [1.82, 2.24) is 0 Å². The minimum Gasteiger partial charge on any atom is -0.375 e. The van der Waals surface area contributed by atoms with E-state index in [1.807, 2.05) is 26.2 Å². The van der Waals surface area contributed by atoms with E-state index in [1.54, 1.807) is 11.0 Å². The molecule has 126 valence electrons. The third-order valence-corrected chi connectivity index (χ3v) is 4.30. The van der Waals surface area contributed by atoms with Crippen molar-refractivity contribution < 1.29 is 4.39 Å². The molecule has 24 heavy (non-hydrogen) atoms. The quantitative estimate of drug-likeness (QED) is 0.669. The average molecular weight is 326 g/mol. The van der Waals surface area contributed by atoms with Gasteiger partial charge in [0.25, 0.3) is 0 Å². The highest BCUT2D eigenvalue weighted by Crippen LogP contribution is 2.24. The van der Waals surface area contributed by atoms with Gasteiger partial charge in [-0.05, 0) is 60.2 Å². The van der Waals surface area contributed by atoms with Crippen LogP contribution in [0.25, 0.3) is 0 Å². The highest BCUT2D eigenvalue weighted by Gasteiger charge is 2.11. The molecule has 0 aliphatic heterocycles. The van der Waals surface area contributed by atoms with Crippen molar-refractivity contribution in [1.29, 1.82) is 0 Å². The summed E-state index contributed by atoms with van der Waals surface area (Å²) in [5.74, 6) is 0.0860. The van der Waals surface area contributed by atoms with Crippen LogP contribution in [0.1, 0.15) is 23.1 Å². The van der Waals surface area contributed by atoms with E-state index in [0.29, 0.717) is 18.2 Å². The van der Waals surface area contributed by atoms with Crippen LogP contribution in [-0.2, 0) is 19.4 Å². The van der Waals surface area contributed by atoms with Crippen LogP contribution in [0.3, 0.4) is 0 Å². The molecule has 3 N–H and O–H groups in total. The second kappa shape index (κ2) is 6.91. The number of fused-ring (bicyclic) bond motifs is 1. The maximum Gasteiger partial charge on any atom is 0.193 e. The highest BCUT2D eigenvalue weighted by molar-refractivity contribution is 5.92. The first-order chi connectivity index (χ1) is 11.5. The number of benzene rings is 2. The molecule has 1 aliphatic carbocycles. The maximum atomic E-state index is 14.0. The third kappa shape index (κ3) is 3.67. The molecule has 3 rings (SSSR count). The Morgan fingerprint density at radius 1 is 1.17 bits per heavy atom. The number of nitrogens with one attached hydrogen (secondary N) is 1. The summed E-state index contributed by atoms with van der Waals surface area (Å²) in [6, 6.07) is 11.4. The SMILES string of the molecule is CN(C)c1ccc(CN=C(N)Nc2ccc3c(c2)CCC3)cc1F. The number of halogens is 1. The Labute approximate surface area is 142 Å². The number of aryl methyl sites for hydroxylation is 2. The number of rotatable bonds is 4. The first-order valence-electron chi connectivity index (χ1n) is 8.17. The summed E-state index contributed by atoms with van der Waals surface area (Å²) in [7, 11) is 3.63. The molecule has 0 heterocycles. The van der Waals surface area contributed by atoms with Gasteiger partial charge in [0.05, 0.1) is 12.2 Å². The largest absolute Gasteiger partial charge is 0.375 e. The number of nitrogens with zero attached hydrogens (tertiary/aromatic N) is 2. The zero-order chi connectivity index (χ0) is 17.1. The van der Waals surface area contributed by atoms with E-state index in [1.165, 1.54) is 23.6 Å². The van der Waals surface area contributed by atoms with Crippen LogP contribution >= 0.6 is 0 Å². The normalized spacial score (nSPS) is 13.7. The van der Waals surface area contributed by atoms with Crippen LogP contribution in [0.15, 0.2) is 41.4 Å². The van der Waals surface area contributed by atoms with Crippen molar-refractivity contribution >= 4 is 17.3 Å². The molecule has 0 saturated carbocycles. The number of aliphatic imine (C=N–C) groups is 1. The lowest BCUT2D eigenvalue weighted by Crippen LogP contribution is -2.22. The Bertz CT molecular complexity index is 768. The lowest BCUT2D eigenvalue weighted by molar-refractivity contribution is 0.624. The fourth-order valence-electron chi connectivity index (χ4n) is 3.02. The molecule has 2 aromatic rings. The van der Waals surface area contributed by atoms with Crippen molar-refractivity contribution in [2.45, 2.75) is 25.8 Å². The molecular formula is C19H23FN4. The Morgan fingerprint density at radius 3 is 2.71 bits per heavy atom. The van der Waals surface area contributed by atoms with Crippen LogP contribution in [-0.4, -0.2) is 20.1 Å². The summed E-state index contributed by atoms with van der Waals surface area (Å²) >= 11 is 0. The molecule has 0 atom stereocenters. The molecule has 0 spiro atoms. The zero-order valence-electron chi connectivity index (χ0n) is 14.1. The molecule has 0 amide bonds. The van der Waals surface area contributed by atoms with Gasteiger partial charge in [0, 0.05) is 19.8 Å². The fraction of sp³-hybridized carbons (Fsp3) is 0.316. The van der Waals surface area contributed by atoms with E-state index >= 15 is 0 Å². The molecule has 4 nitrogen and oxygen atoms in total. The van der Waals surface area contributed by atoms with Crippen molar-refractivity contribution in [2.75, 3.05) is 24.3 Å². The van der Waals surface area contributed by atoms with Gasteiger partial charge in [0.2, 0.25) is 0 Å². The van der Waals surface area contributed by atoms with Crippen molar-refractivity contribution in [3.05, 3.63) is 58.9 Å². The van der Waals surface area contributed by atoms with Gasteiger partial charge < -0.3 is 16.0 Å². The lowest BCUT2D eigenvalue weighted by atomic mass is 10.1. The Morgan fingerprint density at radius 2 is 1.96 bits per heavy atom. The van der Waals surface area contributed by atoms with Crippen molar-refractivity contribution in [3.63, 3.8) is 0 Å². The second-order valence-electron chi connectivity index (χ2n) is 6.34. The summed E-state index contributed by atoms with van der Waals surface area (Å²) < 4.78 is 14.0. The molecule has 0 radical (unpaired) electrons. The molecule has 0 saturated heterocycles. The predicted molar refractivity (Wildman–Crippen MR) is 98.1 cm³/mol. The van der Waals surface area contributed by atoms with Crippen LogP contribution in [0.5, 0.6) is 0 Å². The fourth-order valence-corrected chi connectivity index (χ4v) is 3.02. The van der Waals surface area contributed by atoms with Crippen LogP contribution in [0, 0.1) is 5.82 Å². The monoisotopic (exact) mass is 326 g/mol. The van der Waals surface area contributed by atoms with Gasteiger partial charge >= 0.3 is 0 Å². The van der Waals surface area contributed by atoms with Gasteiger partial charge in [-0.1, -0.05) is 12.1 Å². The highest BCUT2D eigenvalue weighted by atomic mass is 19.1. The van der Waals surface area contributed by atoms with Gasteiger partial charge in [-0.3, -0.25) is 0 Å². The summed E-state index contributed by atoms with van der Waals surface area (Å²) in [6.45, 7) is 0.342. The minimum atomic E-state index is -0.252. The first-order valence-corrected chi connectivity index (χ1v) is 8.17. The number of anilines is 2. The van der Waals surface area contributed by atoms with Gasteiger partial charge in [0.1, 0.15) is 5.82 Å². The van der Waals surface area contributed by atoms with Crippen molar-refractivity contribution in [3.8, 4) is 0 Å². The van der Waals surface area contributed by atoms with E-state index in [-0.39, 0.29) is 5.82 Å². The number of guanidine groups is 1. The average Bonchev–Trinajstić information content (AvgIpc) is 3.00. The number of hydrogen-bond donors (Lipinski definition) is 2. The molecule has 1 aliphatic rings. The van der Waals surface area contributed by atoms with Gasteiger partial charge in [-0.25, -0.2) is 9.38 Å². The molecule has 0 bridgehead atoms. The molecule has 0 fully saturated rings. The minimum absolute atomic E-state index is 0.252. The third-order valence-electron chi connectivity index (χ3n) is 4.30. The Hall–Kier alpha value is -2.56. The van der Waals surface area contributed by atoms with Crippen molar-refractivity contribution in [2.24, 2.45) is 10.7 Å². The predicted octanol–water partition coefficient (Wildman–Crippen LogP) is 3.31. The molecular weight excluding hydrogens is 303 g/mol. The van der Waals surface area contributed by atoms with Gasteiger partial charge in [-0.15, -0.1) is 0 Å². The number of hydrogen-bond acceptors (Lipinski definition) is 2. The maximum absolute atomic E-state index is 14.0. The van der Waals surface area contributed by atoms with Crippen LogP contribution in [0.4, 0.5) is 15.8 Å². The molecule has 2 aromatic carbocycles. The van der Waals surface area contributed by atoms with Crippen LogP contribution < -0.4 is 16.0 Å². The standard InChI is InChI=1S/C19H23FN4/c1-24(2)18-9-6-13(10-17(18)20)12-22-19(21)23-16-8-7-14-4-3-5-15(14)11-16/h6-11H,3-5,12H2,1-2H3,(H3,21,22,23). The lowest BCUT2D eigenvalue weighted by Gasteiger charge is -2.13. The van der Waals surface area contributed by atoms with E-state index in [2.05, 4.69) is 22.4 Å². The molecule has 5 heteroatoms. The Balaban J connectivity index is 1.65.